The molecule has 0 unspecified atom stereocenters. The molecule has 2 aromatic carbocycles. The Labute approximate surface area is 153 Å². The Kier molecular flexibility index (Phi) is 7.24. The zero-order valence-electron chi connectivity index (χ0n) is 14.9. The van der Waals surface area contributed by atoms with E-state index in [0.717, 1.165) is 11.1 Å². The Morgan fingerprint density at radius 1 is 0.692 bits per heavy atom. The van der Waals surface area contributed by atoms with Crippen LogP contribution in [0.5, 0.6) is 0 Å². The average molecular weight is 350 g/mol. The van der Waals surface area contributed by atoms with Crippen molar-refractivity contribution in [3.8, 4) is 0 Å². The predicted octanol–water partition coefficient (Wildman–Crippen LogP) is 2.46. The van der Waals surface area contributed by atoms with Gasteiger partial charge in [0.25, 0.3) is 0 Å². The summed E-state index contributed by atoms with van der Waals surface area (Å²) in [6.07, 6.45) is 1.19. The number of amides is 2. The van der Waals surface area contributed by atoms with Crippen molar-refractivity contribution in [2.75, 3.05) is 0 Å². The molecular formula is C20H22N4O2. The van der Waals surface area contributed by atoms with Crippen LogP contribution in [0, 0.1) is 0 Å². The van der Waals surface area contributed by atoms with E-state index in [4.69, 9.17) is 0 Å². The zero-order valence-corrected chi connectivity index (χ0v) is 14.9. The lowest BCUT2D eigenvalue weighted by Gasteiger charge is -2.04. The van der Waals surface area contributed by atoms with E-state index in [1.54, 1.807) is 13.8 Å². The maximum Gasteiger partial charge on any atom is 0.331 e. The minimum absolute atomic E-state index is 0.594. The number of hydrogen-bond acceptors (Lipinski definition) is 4. The van der Waals surface area contributed by atoms with E-state index in [1.807, 2.05) is 60.7 Å². The van der Waals surface area contributed by atoms with Gasteiger partial charge in [-0.05, 0) is 25.0 Å². The average Bonchev–Trinajstić information content (AvgIpc) is 2.65. The van der Waals surface area contributed by atoms with Crippen LogP contribution in [0.4, 0.5) is 0 Å². The minimum Gasteiger partial charge on any atom is -0.262 e. The molecule has 0 aliphatic rings. The maximum absolute atomic E-state index is 11.8. The molecule has 2 rings (SSSR count). The third kappa shape index (κ3) is 6.68. The second kappa shape index (κ2) is 9.88. The highest BCUT2D eigenvalue weighted by Crippen LogP contribution is 2.01. The highest BCUT2D eigenvalue weighted by atomic mass is 16.2. The molecule has 0 aliphatic heterocycles. The van der Waals surface area contributed by atoms with Crippen LogP contribution >= 0.6 is 0 Å². The van der Waals surface area contributed by atoms with Crippen LogP contribution in [0.1, 0.15) is 25.0 Å². The third-order valence-corrected chi connectivity index (χ3v) is 3.51. The summed E-state index contributed by atoms with van der Waals surface area (Å²) in [5.41, 5.74) is 8.03. The zero-order chi connectivity index (χ0) is 18.8. The molecule has 0 radical (unpaired) electrons. The van der Waals surface area contributed by atoms with Gasteiger partial charge in [-0.2, -0.15) is 10.2 Å². The molecule has 0 aliphatic carbocycles. The van der Waals surface area contributed by atoms with Gasteiger partial charge in [-0.1, -0.05) is 60.7 Å². The summed E-state index contributed by atoms with van der Waals surface area (Å²) in [4.78, 5) is 23.5. The van der Waals surface area contributed by atoms with Crippen LogP contribution in [0.3, 0.4) is 0 Å². The number of hydrogen-bond donors (Lipinski definition) is 2. The SMILES string of the molecule is C/C(Cc1ccccc1)=N\NC(=O)C(=O)N/N=C(\C)Cc1ccccc1. The molecule has 6 heteroatoms. The second-order valence-corrected chi connectivity index (χ2v) is 5.90. The molecule has 26 heavy (non-hydrogen) atoms. The van der Waals surface area contributed by atoms with E-state index in [1.165, 1.54) is 0 Å². The van der Waals surface area contributed by atoms with Gasteiger partial charge in [0.2, 0.25) is 0 Å². The van der Waals surface area contributed by atoms with E-state index in [-0.39, 0.29) is 0 Å². The van der Waals surface area contributed by atoms with E-state index >= 15 is 0 Å². The summed E-state index contributed by atoms with van der Waals surface area (Å²) in [5, 5.41) is 7.89. The Hall–Kier alpha value is -3.28. The van der Waals surface area contributed by atoms with Gasteiger partial charge in [0.15, 0.2) is 0 Å². The maximum atomic E-state index is 11.8. The van der Waals surface area contributed by atoms with Crippen molar-refractivity contribution in [2.45, 2.75) is 26.7 Å². The molecule has 2 N–H and O–H groups in total. The van der Waals surface area contributed by atoms with Gasteiger partial charge in [0.05, 0.1) is 0 Å². The summed E-state index contributed by atoms with van der Waals surface area (Å²) in [6, 6.07) is 19.5. The van der Waals surface area contributed by atoms with Crippen LogP contribution in [-0.4, -0.2) is 23.2 Å². The fraction of sp³-hybridized carbons (Fsp3) is 0.200. The van der Waals surface area contributed by atoms with Crippen LogP contribution in [-0.2, 0) is 22.4 Å². The minimum atomic E-state index is -0.853. The molecule has 0 saturated heterocycles. The van der Waals surface area contributed by atoms with Gasteiger partial charge < -0.3 is 0 Å². The van der Waals surface area contributed by atoms with Crippen molar-refractivity contribution in [3.05, 3.63) is 71.8 Å². The number of nitrogens with zero attached hydrogens (tertiary/aromatic N) is 2. The van der Waals surface area contributed by atoms with Gasteiger partial charge in [0.1, 0.15) is 0 Å². The van der Waals surface area contributed by atoms with Crippen LogP contribution in [0.25, 0.3) is 0 Å². The number of benzene rings is 2. The van der Waals surface area contributed by atoms with E-state index < -0.39 is 11.8 Å². The first-order valence-electron chi connectivity index (χ1n) is 8.29. The first-order chi connectivity index (χ1) is 12.5. The van der Waals surface area contributed by atoms with Gasteiger partial charge in [-0.3, -0.25) is 9.59 Å². The number of rotatable bonds is 6. The highest BCUT2D eigenvalue weighted by molar-refractivity contribution is 6.35. The molecule has 0 spiro atoms. The summed E-state index contributed by atoms with van der Waals surface area (Å²) >= 11 is 0. The summed E-state index contributed by atoms with van der Waals surface area (Å²) in [7, 11) is 0. The van der Waals surface area contributed by atoms with Gasteiger partial charge in [0, 0.05) is 24.3 Å². The molecule has 0 aromatic heterocycles. The third-order valence-electron chi connectivity index (χ3n) is 3.51. The van der Waals surface area contributed by atoms with Crippen molar-refractivity contribution in [1.82, 2.24) is 10.9 Å². The topological polar surface area (TPSA) is 82.9 Å². The summed E-state index contributed by atoms with van der Waals surface area (Å²) in [6.45, 7) is 3.57. The Bertz CT molecular complexity index is 730. The summed E-state index contributed by atoms with van der Waals surface area (Å²) < 4.78 is 0. The fourth-order valence-corrected chi connectivity index (χ4v) is 2.26. The number of carbonyl (C=O) groups is 2. The molecule has 6 nitrogen and oxygen atoms in total. The number of carbonyl (C=O) groups excluding carboxylic acids is 2. The molecule has 134 valence electrons. The lowest BCUT2D eigenvalue weighted by Crippen LogP contribution is -2.36. The molecule has 0 fully saturated rings. The smallest absolute Gasteiger partial charge is 0.262 e. The molecule has 2 amide bonds. The van der Waals surface area contributed by atoms with Crippen LogP contribution < -0.4 is 10.9 Å². The number of hydrazone groups is 2. The molecule has 2 aromatic rings. The van der Waals surface area contributed by atoms with Crippen molar-refractivity contribution in [2.24, 2.45) is 10.2 Å². The van der Waals surface area contributed by atoms with E-state index in [9.17, 15) is 9.59 Å². The normalized spacial score (nSPS) is 11.8. The standard InChI is InChI=1S/C20H22N4O2/c1-15(13-17-9-5-3-6-10-17)21-23-19(25)20(26)24-22-16(2)14-18-11-7-4-8-12-18/h3-12H,13-14H2,1-2H3,(H,23,25)(H,24,26)/b21-15+,22-16+. The van der Waals surface area contributed by atoms with Crippen molar-refractivity contribution < 1.29 is 9.59 Å². The Morgan fingerprint density at radius 3 is 1.38 bits per heavy atom. The molecule has 0 heterocycles. The quantitative estimate of drug-likeness (QED) is 0.476. The van der Waals surface area contributed by atoms with E-state index in [2.05, 4.69) is 21.1 Å². The second-order valence-electron chi connectivity index (χ2n) is 5.90. The number of nitrogens with one attached hydrogen (secondary N) is 2. The van der Waals surface area contributed by atoms with E-state index in [0.29, 0.717) is 24.3 Å². The molecule has 0 saturated carbocycles. The van der Waals surface area contributed by atoms with Crippen molar-refractivity contribution in [1.29, 1.82) is 0 Å². The molecular weight excluding hydrogens is 328 g/mol. The first-order valence-corrected chi connectivity index (χ1v) is 8.29. The van der Waals surface area contributed by atoms with Crippen molar-refractivity contribution >= 4 is 23.2 Å². The lowest BCUT2D eigenvalue weighted by molar-refractivity contribution is -0.139. The lowest BCUT2D eigenvalue weighted by atomic mass is 10.1. The molecule has 0 bridgehead atoms. The van der Waals surface area contributed by atoms with Gasteiger partial charge in [-0.25, -0.2) is 10.9 Å². The highest BCUT2D eigenvalue weighted by Gasteiger charge is 2.12. The fourth-order valence-electron chi connectivity index (χ4n) is 2.26. The van der Waals surface area contributed by atoms with Crippen LogP contribution in [0.2, 0.25) is 0 Å². The summed E-state index contributed by atoms with van der Waals surface area (Å²) in [5.74, 6) is -1.71. The van der Waals surface area contributed by atoms with Crippen LogP contribution in [0.15, 0.2) is 70.9 Å². The first kappa shape index (κ1) is 19.1. The van der Waals surface area contributed by atoms with Crippen molar-refractivity contribution in [3.63, 3.8) is 0 Å². The molecule has 0 atom stereocenters. The van der Waals surface area contributed by atoms with Gasteiger partial charge in [-0.15, -0.1) is 0 Å². The largest absolute Gasteiger partial charge is 0.331 e. The monoisotopic (exact) mass is 350 g/mol. The Balaban J connectivity index is 1.80. The predicted molar refractivity (Wildman–Crippen MR) is 103 cm³/mol. The van der Waals surface area contributed by atoms with Gasteiger partial charge >= 0.3 is 11.8 Å². The Morgan fingerprint density at radius 2 is 1.04 bits per heavy atom.